The minimum Gasteiger partial charge on any atom is -0.476 e. The average molecular weight is 301 g/mol. The maximum atomic E-state index is 11.0. The Morgan fingerprint density at radius 3 is 2.71 bits per heavy atom. The highest BCUT2D eigenvalue weighted by atomic mass is 32.1. The minimum atomic E-state index is -1.02. The summed E-state index contributed by atoms with van der Waals surface area (Å²) in [7, 11) is 1.74. The third-order valence-electron chi connectivity index (χ3n) is 3.29. The van der Waals surface area contributed by atoms with Crippen molar-refractivity contribution in [2.75, 3.05) is 0 Å². The van der Waals surface area contributed by atoms with E-state index in [2.05, 4.69) is 23.9 Å². The summed E-state index contributed by atoms with van der Waals surface area (Å²) in [6, 6.07) is 7.58. The van der Waals surface area contributed by atoms with E-state index in [0.29, 0.717) is 5.92 Å². The molecule has 1 N–H and O–H groups in total. The molecule has 5 nitrogen and oxygen atoms in total. The highest BCUT2D eigenvalue weighted by Gasteiger charge is 2.14. The first-order chi connectivity index (χ1) is 9.95. The van der Waals surface area contributed by atoms with Gasteiger partial charge in [-0.2, -0.15) is 5.10 Å². The van der Waals surface area contributed by atoms with E-state index < -0.39 is 5.97 Å². The topological polar surface area (TPSA) is 68.0 Å². The molecule has 0 atom stereocenters. The molecule has 2 aromatic heterocycles. The quantitative estimate of drug-likeness (QED) is 0.803. The van der Waals surface area contributed by atoms with Crippen LogP contribution in [0.4, 0.5) is 0 Å². The fourth-order valence-corrected chi connectivity index (χ4v) is 3.14. The minimum absolute atomic E-state index is 0.0498. The van der Waals surface area contributed by atoms with Crippen molar-refractivity contribution < 1.29 is 9.90 Å². The van der Waals surface area contributed by atoms with Crippen molar-refractivity contribution in [3.8, 4) is 11.3 Å². The maximum Gasteiger partial charge on any atom is 0.356 e. The lowest BCUT2D eigenvalue weighted by atomic mass is 10.1. The first-order valence-corrected chi connectivity index (χ1v) is 7.45. The smallest absolute Gasteiger partial charge is 0.356 e. The number of benzene rings is 1. The van der Waals surface area contributed by atoms with Crippen molar-refractivity contribution in [2.24, 2.45) is 7.05 Å². The predicted molar refractivity (Wildman–Crippen MR) is 82.9 cm³/mol. The summed E-state index contributed by atoms with van der Waals surface area (Å²) in [4.78, 5) is 15.6. The number of fused-ring (bicyclic) bond motifs is 1. The van der Waals surface area contributed by atoms with Gasteiger partial charge < -0.3 is 5.11 Å². The highest BCUT2D eigenvalue weighted by molar-refractivity contribution is 7.18. The molecular formula is C15H15N3O2S. The summed E-state index contributed by atoms with van der Waals surface area (Å²) in [5.41, 5.74) is 2.69. The van der Waals surface area contributed by atoms with Gasteiger partial charge in [-0.05, 0) is 18.2 Å². The summed E-state index contributed by atoms with van der Waals surface area (Å²) < 4.78 is 2.73. The third-order valence-corrected chi connectivity index (χ3v) is 4.63. The average Bonchev–Trinajstić information content (AvgIpc) is 3.01. The zero-order chi connectivity index (χ0) is 15.1. The second-order valence-corrected chi connectivity index (χ2v) is 6.30. The summed E-state index contributed by atoms with van der Waals surface area (Å²) >= 11 is 1.70. The lowest BCUT2D eigenvalue weighted by molar-refractivity contribution is 0.0689. The van der Waals surface area contributed by atoms with E-state index in [0.717, 1.165) is 26.5 Å². The van der Waals surface area contributed by atoms with E-state index in [-0.39, 0.29) is 5.69 Å². The molecule has 21 heavy (non-hydrogen) atoms. The van der Waals surface area contributed by atoms with Crippen LogP contribution in [-0.2, 0) is 7.05 Å². The van der Waals surface area contributed by atoms with Crippen LogP contribution in [0.25, 0.3) is 21.5 Å². The molecule has 0 fully saturated rings. The van der Waals surface area contributed by atoms with E-state index in [1.165, 1.54) is 0 Å². The molecule has 0 saturated carbocycles. The molecule has 0 spiro atoms. The Bertz CT molecular complexity index is 833. The van der Waals surface area contributed by atoms with Crippen molar-refractivity contribution in [1.82, 2.24) is 14.8 Å². The molecule has 0 amide bonds. The molecule has 0 radical (unpaired) electrons. The molecule has 0 aliphatic heterocycles. The molecular weight excluding hydrogens is 286 g/mol. The maximum absolute atomic E-state index is 11.0. The molecule has 108 valence electrons. The standard InChI is InChI=1S/C15H15N3O2S/c1-8(2)14-16-10-6-9(4-5-13(10)21-14)12-7-11(15(19)20)17-18(12)3/h4-8H,1-3H3,(H,19,20). The first-order valence-electron chi connectivity index (χ1n) is 6.64. The zero-order valence-corrected chi connectivity index (χ0v) is 12.8. The Balaban J connectivity index is 2.10. The van der Waals surface area contributed by atoms with Crippen LogP contribution >= 0.6 is 11.3 Å². The number of aromatic carboxylic acids is 1. The van der Waals surface area contributed by atoms with Gasteiger partial charge in [0.1, 0.15) is 0 Å². The first kappa shape index (κ1) is 13.8. The van der Waals surface area contributed by atoms with E-state index in [9.17, 15) is 4.79 Å². The van der Waals surface area contributed by atoms with Gasteiger partial charge in [0.05, 0.1) is 20.9 Å². The van der Waals surface area contributed by atoms with Gasteiger partial charge in [-0.15, -0.1) is 11.3 Å². The van der Waals surface area contributed by atoms with E-state index in [1.807, 2.05) is 18.2 Å². The molecule has 1 aromatic carbocycles. The molecule has 0 aliphatic carbocycles. The Labute approximate surface area is 125 Å². The SMILES string of the molecule is CC(C)c1nc2cc(-c3cc(C(=O)O)nn3C)ccc2s1. The zero-order valence-electron chi connectivity index (χ0n) is 12.0. The van der Waals surface area contributed by atoms with E-state index in [4.69, 9.17) is 5.11 Å². The largest absolute Gasteiger partial charge is 0.476 e. The van der Waals surface area contributed by atoms with Gasteiger partial charge in [0.15, 0.2) is 5.69 Å². The van der Waals surface area contributed by atoms with Crippen LogP contribution in [-0.4, -0.2) is 25.8 Å². The summed E-state index contributed by atoms with van der Waals surface area (Å²) in [5.74, 6) is -0.616. The second-order valence-electron chi connectivity index (χ2n) is 5.23. The van der Waals surface area contributed by atoms with Crippen LogP contribution in [0.1, 0.15) is 35.3 Å². The van der Waals surface area contributed by atoms with Crippen LogP contribution in [0.5, 0.6) is 0 Å². The van der Waals surface area contributed by atoms with Crippen LogP contribution in [0.15, 0.2) is 24.3 Å². The van der Waals surface area contributed by atoms with Gasteiger partial charge in [0.25, 0.3) is 0 Å². The number of thiazole rings is 1. The molecule has 0 bridgehead atoms. The number of nitrogens with zero attached hydrogens (tertiary/aromatic N) is 3. The summed E-state index contributed by atoms with van der Waals surface area (Å²) in [5, 5.41) is 14.1. The van der Waals surface area contributed by atoms with Gasteiger partial charge in [-0.1, -0.05) is 19.9 Å². The number of aromatic nitrogens is 3. The molecule has 0 saturated heterocycles. The lowest BCUT2D eigenvalue weighted by Gasteiger charge is -2.01. The molecule has 6 heteroatoms. The van der Waals surface area contributed by atoms with Crippen LogP contribution < -0.4 is 0 Å². The molecule has 3 aromatic rings. The summed E-state index contributed by atoms with van der Waals surface area (Å²) in [6.45, 7) is 4.25. The highest BCUT2D eigenvalue weighted by Crippen LogP contribution is 2.30. The second kappa shape index (κ2) is 4.96. The fourth-order valence-electron chi connectivity index (χ4n) is 2.19. The van der Waals surface area contributed by atoms with Crippen molar-refractivity contribution in [3.05, 3.63) is 35.0 Å². The number of carbonyl (C=O) groups is 1. The number of hydrogen-bond acceptors (Lipinski definition) is 4. The Morgan fingerprint density at radius 1 is 1.33 bits per heavy atom. The van der Waals surface area contributed by atoms with Crippen molar-refractivity contribution in [1.29, 1.82) is 0 Å². The van der Waals surface area contributed by atoms with Crippen molar-refractivity contribution >= 4 is 27.5 Å². The monoisotopic (exact) mass is 301 g/mol. The lowest BCUT2D eigenvalue weighted by Crippen LogP contribution is -1.99. The number of carboxylic acid groups (broad SMARTS) is 1. The van der Waals surface area contributed by atoms with Gasteiger partial charge >= 0.3 is 5.97 Å². The van der Waals surface area contributed by atoms with E-state index in [1.54, 1.807) is 29.1 Å². The Kier molecular flexibility index (Phi) is 3.25. The number of rotatable bonds is 3. The number of aryl methyl sites for hydroxylation is 1. The van der Waals surface area contributed by atoms with E-state index >= 15 is 0 Å². The molecule has 3 rings (SSSR count). The van der Waals surface area contributed by atoms with Crippen molar-refractivity contribution in [2.45, 2.75) is 19.8 Å². The van der Waals surface area contributed by atoms with Gasteiger partial charge in [-0.3, -0.25) is 4.68 Å². The summed E-state index contributed by atoms with van der Waals surface area (Å²) in [6.07, 6.45) is 0. The number of carboxylic acids is 1. The molecule has 0 unspecified atom stereocenters. The van der Waals surface area contributed by atoms with Crippen LogP contribution in [0.3, 0.4) is 0 Å². The number of hydrogen-bond donors (Lipinski definition) is 1. The Morgan fingerprint density at radius 2 is 2.10 bits per heavy atom. The normalized spacial score (nSPS) is 11.4. The van der Waals surface area contributed by atoms with Gasteiger partial charge in [0.2, 0.25) is 0 Å². The van der Waals surface area contributed by atoms with Crippen molar-refractivity contribution in [3.63, 3.8) is 0 Å². The van der Waals surface area contributed by atoms with Gasteiger partial charge in [-0.25, -0.2) is 9.78 Å². The Hall–Kier alpha value is -2.21. The predicted octanol–water partition coefficient (Wildman–Crippen LogP) is 3.52. The molecule has 0 aliphatic rings. The van der Waals surface area contributed by atoms with Gasteiger partial charge in [0, 0.05) is 18.5 Å². The third kappa shape index (κ3) is 2.42. The van der Waals surface area contributed by atoms with Crippen LogP contribution in [0.2, 0.25) is 0 Å². The fraction of sp³-hybridized carbons (Fsp3) is 0.267. The molecule has 2 heterocycles. The van der Waals surface area contributed by atoms with Crippen LogP contribution in [0, 0.1) is 0 Å².